The van der Waals surface area contributed by atoms with Crippen molar-refractivity contribution in [1.29, 1.82) is 0 Å². The second kappa shape index (κ2) is 8.09. The van der Waals surface area contributed by atoms with Crippen LogP contribution in [0.1, 0.15) is 15.5 Å². The van der Waals surface area contributed by atoms with Gasteiger partial charge in [0.25, 0.3) is 0 Å². The first-order valence-electron chi connectivity index (χ1n) is 7.94. The molecule has 1 N–H and O–H groups in total. The zero-order valence-electron chi connectivity index (χ0n) is 13.9. The molecule has 2 aromatic heterocycles. The van der Waals surface area contributed by atoms with Crippen LogP contribution in [0.15, 0.2) is 59.2 Å². The first-order valence-corrected chi connectivity index (χ1v) is 8.75. The van der Waals surface area contributed by atoms with Crippen molar-refractivity contribution in [2.75, 3.05) is 11.9 Å². The molecule has 4 nitrogen and oxygen atoms in total. The highest BCUT2D eigenvalue weighted by Gasteiger charge is 2.15. The predicted octanol–water partition coefficient (Wildman–Crippen LogP) is 4.43. The van der Waals surface area contributed by atoms with Gasteiger partial charge in [-0.25, -0.2) is 4.39 Å². The molecule has 3 aromatic rings. The summed E-state index contributed by atoms with van der Waals surface area (Å²) in [6, 6.07) is 13.7. The second-order valence-corrected chi connectivity index (χ2v) is 7.17. The molecule has 0 saturated heterocycles. The summed E-state index contributed by atoms with van der Waals surface area (Å²) in [7, 11) is 0. The van der Waals surface area contributed by atoms with Crippen molar-refractivity contribution in [2.24, 2.45) is 0 Å². The summed E-state index contributed by atoms with van der Waals surface area (Å²) in [5.74, 6) is 0.233. The SMILES string of the molecule is Cc1ccc(CN(CC(=O)Nc2cccc(F)c2)Cc2ccco2)s1. The Bertz CT molecular complexity index is 830. The van der Waals surface area contributed by atoms with Gasteiger partial charge < -0.3 is 9.73 Å². The van der Waals surface area contributed by atoms with Crippen molar-refractivity contribution >= 4 is 22.9 Å². The molecule has 1 amide bonds. The number of nitrogens with zero attached hydrogens (tertiary/aromatic N) is 1. The molecule has 0 aliphatic heterocycles. The Morgan fingerprint density at radius 2 is 2.08 bits per heavy atom. The minimum atomic E-state index is -0.376. The van der Waals surface area contributed by atoms with E-state index in [0.29, 0.717) is 18.8 Å². The lowest BCUT2D eigenvalue weighted by Gasteiger charge is -2.20. The molecule has 0 spiro atoms. The summed E-state index contributed by atoms with van der Waals surface area (Å²) in [5.41, 5.74) is 0.454. The number of carbonyl (C=O) groups is 1. The average Bonchev–Trinajstić information content (AvgIpc) is 3.19. The van der Waals surface area contributed by atoms with E-state index in [0.717, 1.165) is 5.76 Å². The van der Waals surface area contributed by atoms with Crippen LogP contribution in [0, 0.1) is 12.7 Å². The van der Waals surface area contributed by atoms with E-state index >= 15 is 0 Å². The third-order valence-electron chi connectivity index (χ3n) is 3.61. The Hall–Kier alpha value is -2.44. The monoisotopic (exact) mass is 358 g/mol. The summed E-state index contributed by atoms with van der Waals surface area (Å²) in [4.78, 5) is 16.8. The molecule has 0 atom stereocenters. The van der Waals surface area contributed by atoms with Crippen molar-refractivity contribution in [3.05, 3.63) is 76.1 Å². The fourth-order valence-electron chi connectivity index (χ4n) is 2.55. The van der Waals surface area contributed by atoms with Crippen molar-refractivity contribution in [3.63, 3.8) is 0 Å². The van der Waals surface area contributed by atoms with Crippen LogP contribution in [-0.2, 0) is 17.9 Å². The number of nitrogens with one attached hydrogen (secondary N) is 1. The molecule has 0 aliphatic carbocycles. The highest BCUT2D eigenvalue weighted by atomic mass is 32.1. The van der Waals surface area contributed by atoms with Crippen LogP contribution in [0.5, 0.6) is 0 Å². The van der Waals surface area contributed by atoms with Gasteiger partial charge in [-0.3, -0.25) is 9.69 Å². The molecule has 0 radical (unpaired) electrons. The minimum Gasteiger partial charge on any atom is -0.468 e. The molecule has 0 fully saturated rings. The second-order valence-electron chi connectivity index (χ2n) is 5.80. The number of halogens is 1. The number of thiophene rings is 1. The topological polar surface area (TPSA) is 45.5 Å². The van der Waals surface area contributed by atoms with Crippen molar-refractivity contribution < 1.29 is 13.6 Å². The lowest BCUT2D eigenvalue weighted by Crippen LogP contribution is -2.32. The first kappa shape index (κ1) is 17.4. The maximum absolute atomic E-state index is 13.2. The molecule has 1 aromatic carbocycles. The van der Waals surface area contributed by atoms with E-state index in [2.05, 4.69) is 24.4 Å². The molecule has 0 unspecified atom stereocenters. The number of amides is 1. The highest BCUT2D eigenvalue weighted by Crippen LogP contribution is 2.19. The zero-order chi connectivity index (χ0) is 17.6. The number of anilines is 1. The van der Waals surface area contributed by atoms with Gasteiger partial charge in [0.1, 0.15) is 11.6 Å². The highest BCUT2D eigenvalue weighted by molar-refractivity contribution is 7.11. The largest absolute Gasteiger partial charge is 0.468 e. The minimum absolute atomic E-state index is 0.189. The molecule has 0 bridgehead atoms. The molecule has 0 aliphatic rings. The lowest BCUT2D eigenvalue weighted by atomic mass is 10.3. The molecule has 2 heterocycles. The number of hydrogen-bond donors (Lipinski definition) is 1. The number of furan rings is 1. The third-order valence-corrected chi connectivity index (χ3v) is 4.60. The fraction of sp³-hybridized carbons (Fsp3) is 0.211. The first-order chi connectivity index (χ1) is 12.1. The molecule has 0 saturated carbocycles. The smallest absolute Gasteiger partial charge is 0.238 e. The molecule has 6 heteroatoms. The molecular formula is C19H19FN2O2S. The number of rotatable bonds is 7. The molecule has 130 valence electrons. The lowest BCUT2D eigenvalue weighted by molar-refractivity contribution is -0.117. The van der Waals surface area contributed by atoms with Crippen LogP contribution in [0.2, 0.25) is 0 Å². The number of hydrogen-bond acceptors (Lipinski definition) is 4. The normalized spacial score (nSPS) is 11.0. The maximum atomic E-state index is 13.2. The molecule has 3 rings (SSSR count). The molecular weight excluding hydrogens is 339 g/mol. The van der Waals surface area contributed by atoms with Crippen LogP contribution in [0.3, 0.4) is 0 Å². The van der Waals surface area contributed by atoms with E-state index in [1.807, 2.05) is 17.0 Å². The maximum Gasteiger partial charge on any atom is 0.238 e. The van der Waals surface area contributed by atoms with Crippen LogP contribution >= 0.6 is 11.3 Å². The standard InChI is InChI=1S/C19H19FN2O2S/c1-14-7-8-18(25-14)12-22(11-17-6-3-9-24-17)13-19(23)21-16-5-2-4-15(20)10-16/h2-10H,11-13H2,1H3,(H,21,23). The summed E-state index contributed by atoms with van der Waals surface area (Å²) in [6.45, 7) is 3.42. The fourth-order valence-corrected chi connectivity index (χ4v) is 3.48. The summed E-state index contributed by atoms with van der Waals surface area (Å²) in [5, 5.41) is 2.74. The van der Waals surface area contributed by atoms with Gasteiger partial charge in [-0.2, -0.15) is 0 Å². The average molecular weight is 358 g/mol. The van der Waals surface area contributed by atoms with Gasteiger partial charge in [0.2, 0.25) is 5.91 Å². The van der Waals surface area contributed by atoms with Gasteiger partial charge in [0, 0.05) is 22.0 Å². The summed E-state index contributed by atoms with van der Waals surface area (Å²) in [6.07, 6.45) is 1.62. The summed E-state index contributed by atoms with van der Waals surface area (Å²) >= 11 is 1.71. The third kappa shape index (κ3) is 5.27. The van der Waals surface area contributed by atoms with E-state index in [-0.39, 0.29) is 18.3 Å². The molecule has 25 heavy (non-hydrogen) atoms. The zero-order valence-corrected chi connectivity index (χ0v) is 14.7. The van der Waals surface area contributed by atoms with Gasteiger partial charge in [-0.1, -0.05) is 6.07 Å². The number of benzene rings is 1. The van der Waals surface area contributed by atoms with Gasteiger partial charge in [-0.15, -0.1) is 11.3 Å². The number of aryl methyl sites for hydroxylation is 1. The van der Waals surface area contributed by atoms with Gasteiger partial charge in [0.15, 0.2) is 0 Å². The Kier molecular flexibility index (Phi) is 5.63. The van der Waals surface area contributed by atoms with E-state index in [1.165, 1.54) is 21.9 Å². The van der Waals surface area contributed by atoms with Gasteiger partial charge >= 0.3 is 0 Å². The van der Waals surface area contributed by atoms with Crippen LogP contribution < -0.4 is 5.32 Å². The quantitative estimate of drug-likeness (QED) is 0.680. The summed E-state index contributed by atoms with van der Waals surface area (Å²) < 4.78 is 18.7. The van der Waals surface area contributed by atoms with Crippen molar-refractivity contribution in [3.8, 4) is 0 Å². The Labute approximate surface area is 149 Å². The van der Waals surface area contributed by atoms with E-state index in [9.17, 15) is 9.18 Å². The van der Waals surface area contributed by atoms with Crippen LogP contribution in [0.4, 0.5) is 10.1 Å². The van der Waals surface area contributed by atoms with E-state index in [1.54, 1.807) is 29.7 Å². The number of carbonyl (C=O) groups excluding carboxylic acids is 1. The van der Waals surface area contributed by atoms with E-state index in [4.69, 9.17) is 4.42 Å². The Morgan fingerprint density at radius 1 is 1.20 bits per heavy atom. The Morgan fingerprint density at radius 3 is 2.76 bits per heavy atom. The van der Waals surface area contributed by atoms with Gasteiger partial charge in [-0.05, 0) is 49.4 Å². The van der Waals surface area contributed by atoms with Crippen molar-refractivity contribution in [2.45, 2.75) is 20.0 Å². The Balaban J connectivity index is 1.66. The van der Waals surface area contributed by atoms with Crippen LogP contribution in [-0.4, -0.2) is 17.4 Å². The van der Waals surface area contributed by atoms with E-state index < -0.39 is 0 Å². The van der Waals surface area contributed by atoms with Crippen molar-refractivity contribution in [1.82, 2.24) is 4.90 Å². The predicted molar refractivity (Wildman–Crippen MR) is 96.9 cm³/mol. The van der Waals surface area contributed by atoms with Crippen LogP contribution in [0.25, 0.3) is 0 Å². The van der Waals surface area contributed by atoms with Gasteiger partial charge in [0.05, 0.1) is 19.4 Å².